The SMILES string of the molecule is COc1cc(OC)c([N+](=O)[O-])cc1/C=N\NC(=O)Cc1cc(Cl)ccc1SC. The molecule has 148 valence electrons. The molecular weight excluding hydrogens is 406 g/mol. The molecule has 0 aliphatic carbocycles. The van der Waals surface area contributed by atoms with Gasteiger partial charge in [0.2, 0.25) is 11.7 Å². The molecule has 0 fully saturated rings. The molecule has 8 nitrogen and oxygen atoms in total. The quantitative estimate of drug-likeness (QED) is 0.300. The highest BCUT2D eigenvalue weighted by Gasteiger charge is 2.19. The molecule has 0 radical (unpaired) electrons. The van der Waals surface area contributed by atoms with Gasteiger partial charge >= 0.3 is 5.69 Å². The van der Waals surface area contributed by atoms with E-state index in [9.17, 15) is 14.9 Å². The van der Waals surface area contributed by atoms with Crippen molar-refractivity contribution >= 4 is 41.2 Å². The van der Waals surface area contributed by atoms with Crippen LogP contribution in [0.2, 0.25) is 5.02 Å². The van der Waals surface area contributed by atoms with Crippen LogP contribution in [0.1, 0.15) is 11.1 Å². The van der Waals surface area contributed by atoms with E-state index in [1.807, 2.05) is 12.3 Å². The summed E-state index contributed by atoms with van der Waals surface area (Å²) in [6, 6.07) is 7.98. The first kappa shape index (κ1) is 21.5. The second-order valence-electron chi connectivity index (χ2n) is 5.45. The minimum Gasteiger partial charge on any atom is -0.496 e. The highest BCUT2D eigenvalue weighted by atomic mass is 35.5. The Morgan fingerprint density at radius 3 is 2.61 bits per heavy atom. The highest BCUT2D eigenvalue weighted by Crippen LogP contribution is 2.33. The molecule has 0 saturated heterocycles. The fraction of sp³-hybridized carbons (Fsp3) is 0.222. The van der Waals surface area contributed by atoms with Crippen LogP contribution in [0.3, 0.4) is 0 Å². The number of nitro benzene ring substituents is 1. The first-order chi connectivity index (χ1) is 13.4. The van der Waals surface area contributed by atoms with E-state index in [1.165, 1.54) is 44.3 Å². The van der Waals surface area contributed by atoms with Crippen molar-refractivity contribution in [3.8, 4) is 11.5 Å². The van der Waals surface area contributed by atoms with Crippen molar-refractivity contribution in [2.24, 2.45) is 5.10 Å². The lowest BCUT2D eigenvalue weighted by atomic mass is 10.1. The van der Waals surface area contributed by atoms with E-state index >= 15 is 0 Å². The summed E-state index contributed by atoms with van der Waals surface area (Å²) in [7, 11) is 2.74. The molecule has 0 aliphatic rings. The van der Waals surface area contributed by atoms with Gasteiger partial charge in [0.15, 0.2) is 0 Å². The highest BCUT2D eigenvalue weighted by molar-refractivity contribution is 7.98. The minimum atomic E-state index is -0.572. The van der Waals surface area contributed by atoms with E-state index in [0.29, 0.717) is 16.3 Å². The molecule has 0 atom stereocenters. The number of nitro groups is 1. The summed E-state index contributed by atoms with van der Waals surface area (Å²) < 4.78 is 10.2. The van der Waals surface area contributed by atoms with E-state index in [1.54, 1.807) is 12.1 Å². The Balaban J connectivity index is 2.16. The van der Waals surface area contributed by atoms with Crippen LogP contribution < -0.4 is 14.9 Å². The lowest BCUT2D eigenvalue weighted by Crippen LogP contribution is -2.20. The smallest absolute Gasteiger partial charge is 0.311 e. The van der Waals surface area contributed by atoms with Crippen LogP contribution in [0, 0.1) is 10.1 Å². The molecule has 2 rings (SSSR count). The molecule has 0 saturated carbocycles. The maximum absolute atomic E-state index is 12.2. The first-order valence-corrected chi connectivity index (χ1v) is 9.54. The number of thioether (sulfide) groups is 1. The Morgan fingerprint density at radius 1 is 1.29 bits per heavy atom. The van der Waals surface area contributed by atoms with Crippen molar-refractivity contribution in [3.05, 3.63) is 56.6 Å². The number of hydrazone groups is 1. The standard InChI is InChI=1S/C18H18ClN3O5S/c1-26-15-9-16(27-2)14(22(24)25)7-12(15)10-20-21-18(23)8-11-6-13(19)4-5-17(11)28-3/h4-7,9-10H,8H2,1-3H3,(H,21,23)/b20-10-. The van der Waals surface area contributed by atoms with Crippen molar-refractivity contribution in [2.45, 2.75) is 11.3 Å². The zero-order valence-electron chi connectivity index (χ0n) is 15.4. The van der Waals surface area contributed by atoms with Crippen LogP contribution in [0.15, 0.2) is 40.3 Å². The van der Waals surface area contributed by atoms with Crippen molar-refractivity contribution in [3.63, 3.8) is 0 Å². The Bertz CT molecular complexity index is 920. The number of benzene rings is 2. The monoisotopic (exact) mass is 423 g/mol. The van der Waals surface area contributed by atoms with Gasteiger partial charge in [0.05, 0.1) is 31.8 Å². The van der Waals surface area contributed by atoms with Gasteiger partial charge in [-0.2, -0.15) is 5.10 Å². The van der Waals surface area contributed by atoms with Crippen molar-refractivity contribution in [1.82, 2.24) is 5.43 Å². The van der Waals surface area contributed by atoms with Crippen molar-refractivity contribution < 1.29 is 19.2 Å². The Labute approximate surface area is 171 Å². The van der Waals surface area contributed by atoms with Gasteiger partial charge in [0.1, 0.15) is 5.75 Å². The Kier molecular flexibility index (Phi) is 7.65. The number of halogens is 1. The normalized spacial score (nSPS) is 10.7. The van der Waals surface area contributed by atoms with E-state index < -0.39 is 4.92 Å². The molecule has 0 bridgehead atoms. The average Bonchev–Trinajstić information content (AvgIpc) is 2.67. The maximum atomic E-state index is 12.2. The first-order valence-electron chi connectivity index (χ1n) is 7.94. The summed E-state index contributed by atoms with van der Waals surface area (Å²) in [5.41, 5.74) is 3.27. The number of methoxy groups -OCH3 is 2. The second kappa shape index (κ2) is 9.95. The molecule has 1 amide bonds. The molecule has 1 N–H and O–H groups in total. The number of carbonyl (C=O) groups excluding carboxylic acids is 1. The molecule has 2 aromatic rings. The zero-order chi connectivity index (χ0) is 20.7. The average molecular weight is 424 g/mol. The number of amides is 1. The van der Waals surface area contributed by atoms with E-state index in [0.717, 1.165) is 10.5 Å². The lowest BCUT2D eigenvalue weighted by molar-refractivity contribution is -0.385. The van der Waals surface area contributed by atoms with Gasteiger partial charge in [0, 0.05) is 27.6 Å². The van der Waals surface area contributed by atoms with Crippen LogP contribution in [0.4, 0.5) is 5.69 Å². The Morgan fingerprint density at radius 2 is 2.00 bits per heavy atom. The third-order valence-corrected chi connectivity index (χ3v) is 4.79. The van der Waals surface area contributed by atoms with Crippen LogP contribution in [0.5, 0.6) is 11.5 Å². The molecule has 0 heterocycles. The molecule has 28 heavy (non-hydrogen) atoms. The van der Waals surface area contributed by atoms with Gasteiger partial charge in [-0.25, -0.2) is 5.43 Å². The fourth-order valence-electron chi connectivity index (χ4n) is 2.42. The molecule has 0 aromatic heterocycles. The third kappa shape index (κ3) is 5.37. The van der Waals surface area contributed by atoms with Gasteiger partial charge in [-0.1, -0.05) is 11.6 Å². The number of hydrogen-bond acceptors (Lipinski definition) is 7. The van der Waals surface area contributed by atoms with Gasteiger partial charge in [-0.15, -0.1) is 11.8 Å². The number of hydrogen-bond donors (Lipinski definition) is 1. The van der Waals surface area contributed by atoms with Crippen molar-refractivity contribution in [2.75, 3.05) is 20.5 Å². The largest absolute Gasteiger partial charge is 0.496 e. The molecule has 10 heteroatoms. The second-order valence-corrected chi connectivity index (χ2v) is 6.73. The molecular formula is C18H18ClN3O5S. The molecule has 0 aliphatic heterocycles. The van der Waals surface area contributed by atoms with E-state index in [-0.39, 0.29) is 23.8 Å². The number of ether oxygens (including phenoxy) is 2. The number of carbonyl (C=O) groups is 1. The summed E-state index contributed by atoms with van der Waals surface area (Å²) in [5.74, 6) is 0.0318. The summed E-state index contributed by atoms with van der Waals surface area (Å²) in [6.07, 6.45) is 3.27. The predicted octanol–water partition coefficient (Wildman–Crippen LogP) is 3.68. The fourth-order valence-corrected chi connectivity index (χ4v) is 3.21. The molecule has 2 aromatic carbocycles. The summed E-state index contributed by atoms with van der Waals surface area (Å²) in [6.45, 7) is 0. The Hall–Kier alpha value is -2.78. The maximum Gasteiger partial charge on any atom is 0.311 e. The van der Waals surface area contributed by atoms with Gasteiger partial charge < -0.3 is 9.47 Å². The van der Waals surface area contributed by atoms with Crippen molar-refractivity contribution in [1.29, 1.82) is 0 Å². The van der Waals surface area contributed by atoms with Gasteiger partial charge in [0.25, 0.3) is 0 Å². The minimum absolute atomic E-state index is 0.0635. The summed E-state index contributed by atoms with van der Waals surface area (Å²) in [4.78, 5) is 23.7. The summed E-state index contributed by atoms with van der Waals surface area (Å²) >= 11 is 7.50. The molecule has 0 unspecified atom stereocenters. The van der Waals surface area contributed by atoms with E-state index in [2.05, 4.69) is 10.5 Å². The van der Waals surface area contributed by atoms with Gasteiger partial charge in [-0.05, 0) is 30.0 Å². The molecule has 0 spiro atoms. The topological polar surface area (TPSA) is 103 Å². The third-order valence-electron chi connectivity index (χ3n) is 3.71. The number of nitrogens with one attached hydrogen (secondary N) is 1. The lowest BCUT2D eigenvalue weighted by Gasteiger charge is -2.08. The zero-order valence-corrected chi connectivity index (χ0v) is 17.0. The van der Waals surface area contributed by atoms with Crippen LogP contribution in [-0.4, -0.2) is 37.5 Å². The van der Waals surface area contributed by atoms with Crippen LogP contribution in [-0.2, 0) is 11.2 Å². The predicted molar refractivity (Wildman–Crippen MR) is 109 cm³/mol. The van der Waals surface area contributed by atoms with E-state index in [4.69, 9.17) is 21.1 Å². The van der Waals surface area contributed by atoms with Crippen LogP contribution in [0.25, 0.3) is 0 Å². The number of rotatable bonds is 8. The number of nitrogens with zero attached hydrogens (tertiary/aromatic N) is 2. The summed E-state index contributed by atoms with van der Waals surface area (Å²) in [5, 5.41) is 15.6. The van der Waals surface area contributed by atoms with Crippen LogP contribution >= 0.6 is 23.4 Å². The van der Waals surface area contributed by atoms with Gasteiger partial charge in [-0.3, -0.25) is 14.9 Å².